The molecule has 0 radical (unpaired) electrons. The highest BCUT2D eigenvalue weighted by atomic mass is 16.5. The van der Waals surface area contributed by atoms with Crippen molar-refractivity contribution in [3.05, 3.63) is 23.5 Å². The third kappa shape index (κ3) is 5.99. The second kappa shape index (κ2) is 8.32. The van der Waals surface area contributed by atoms with Crippen LogP contribution in [0.25, 0.3) is 0 Å². The van der Waals surface area contributed by atoms with Gasteiger partial charge in [-0.1, -0.05) is 13.8 Å². The van der Waals surface area contributed by atoms with Crippen LogP contribution in [-0.4, -0.2) is 42.6 Å². The van der Waals surface area contributed by atoms with E-state index in [1.54, 1.807) is 14.0 Å². The van der Waals surface area contributed by atoms with E-state index in [1.165, 1.54) is 0 Å². The molecule has 0 saturated carbocycles. The second-order valence-corrected chi connectivity index (χ2v) is 5.87. The Morgan fingerprint density at radius 1 is 1.38 bits per heavy atom. The lowest BCUT2D eigenvalue weighted by atomic mass is 9.94. The van der Waals surface area contributed by atoms with Gasteiger partial charge in [-0.15, -0.1) is 0 Å². The van der Waals surface area contributed by atoms with Gasteiger partial charge in [-0.05, 0) is 31.9 Å². The molecule has 0 saturated heterocycles. The molecule has 0 aromatic carbocycles. The van der Waals surface area contributed by atoms with Gasteiger partial charge in [0.25, 0.3) is 0 Å². The molecule has 0 bridgehead atoms. The molecule has 0 fully saturated rings. The summed E-state index contributed by atoms with van der Waals surface area (Å²) < 4.78 is 10.8. The fraction of sp³-hybridized carbons (Fsp3) is 0.688. The molecule has 1 rings (SSSR count). The number of methoxy groups -OCH3 is 1. The summed E-state index contributed by atoms with van der Waals surface area (Å²) in [6.07, 6.45) is 0. The summed E-state index contributed by atoms with van der Waals surface area (Å²) >= 11 is 0. The molecule has 0 aliphatic rings. The van der Waals surface area contributed by atoms with E-state index < -0.39 is 5.60 Å². The number of hydrogen-bond donors (Lipinski definition) is 2. The number of ether oxygens (including phenoxy) is 2. The number of hydrogen-bond acceptors (Lipinski definition) is 5. The maximum Gasteiger partial charge on any atom is 0.142 e. The van der Waals surface area contributed by atoms with E-state index in [2.05, 4.69) is 10.3 Å². The van der Waals surface area contributed by atoms with Crippen LogP contribution in [0.1, 0.15) is 32.2 Å². The highest BCUT2D eigenvalue weighted by molar-refractivity contribution is 5.29. The van der Waals surface area contributed by atoms with E-state index in [9.17, 15) is 5.11 Å². The van der Waals surface area contributed by atoms with Crippen molar-refractivity contribution in [3.63, 3.8) is 0 Å². The summed E-state index contributed by atoms with van der Waals surface area (Å²) in [7, 11) is 1.68. The van der Waals surface area contributed by atoms with Crippen LogP contribution in [0.3, 0.4) is 0 Å². The molecule has 1 heterocycles. The van der Waals surface area contributed by atoms with Crippen molar-refractivity contribution in [2.24, 2.45) is 5.92 Å². The van der Waals surface area contributed by atoms with Gasteiger partial charge in [0.05, 0.1) is 17.9 Å². The first-order chi connectivity index (χ1) is 9.86. The Hall–Kier alpha value is -1.17. The van der Waals surface area contributed by atoms with Crippen molar-refractivity contribution in [3.8, 4) is 5.75 Å². The van der Waals surface area contributed by atoms with Crippen molar-refractivity contribution in [1.29, 1.82) is 0 Å². The molecule has 1 aromatic rings. The van der Waals surface area contributed by atoms with Gasteiger partial charge in [-0.2, -0.15) is 0 Å². The summed E-state index contributed by atoms with van der Waals surface area (Å²) in [5, 5.41) is 13.5. The summed E-state index contributed by atoms with van der Waals surface area (Å²) in [5.41, 5.74) is 0.943. The average Bonchev–Trinajstić information content (AvgIpc) is 2.42. The van der Waals surface area contributed by atoms with Gasteiger partial charge in [-0.25, -0.2) is 0 Å². The van der Waals surface area contributed by atoms with Crippen molar-refractivity contribution >= 4 is 0 Å². The Bertz CT molecular complexity index is 434. The molecular weight excluding hydrogens is 268 g/mol. The van der Waals surface area contributed by atoms with Crippen LogP contribution in [0, 0.1) is 12.8 Å². The SMILES string of the molecule is COCCNCc1nc(C)ccc1OCC(C)(O)C(C)C. The monoisotopic (exact) mass is 296 g/mol. The molecule has 2 N–H and O–H groups in total. The van der Waals surface area contributed by atoms with Crippen molar-refractivity contribution in [2.45, 2.75) is 39.8 Å². The third-order valence-electron chi connectivity index (χ3n) is 3.61. The molecule has 1 aromatic heterocycles. The molecule has 5 nitrogen and oxygen atoms in total. The van der Waals surface area contributed by atoms with Gasteiger partial charge in [0.1, 0.15) is 12.4 Å². The normalized spacial score (nSPS) is 14.2. The largest absolute Gasteiger partial charge is 0.489 e. The summed E-state index contributed by atoms with van der Waals surface area (Å²) in [6, 6.07) is 3.82. The zero-order valence-electron chi connectivity index (χ0n) is 13.8. The molecule has 1 atom stereocenters. The second-order valence-electron chi connectivity index (χ2n) is 5.87. The average molecular weight is 296 g/mol. The summed E-state index contributed by atoms with van der Waals surface area (Å²) in [4.78, 5) is 4.51. The van der Waals surface area contributed by atoms with E-state index in [0.29, 0.717) is 18.9 Å². The number of aryl methyl sites for hydroxylation is 1. The van der Waals surface area contributed by atoms with Crippen LogP contribution in [0.4, 0.5) is 0 Å². The molecule has 1 unspecified atom stereocenters. The van der Waals surface area contributed by atoms with Gasteiger partial charge in [0, 0.05) is 25.9 Å². The topological polar surface area (TPSA) is 63.6 Å². The van der Waals surface area contributed by atoms with Gasteiger partial charge in [0.2, 0.25) is 0 Å². The standard InChI is InChI=1S/C16H28N2O3/c1-12(2)16(4,19)11-21-15-7-6-13(3)18-14(15)10-17-8-9-20-5/h6-7,12,17,19H,8-11H2,1-5H3. The third-order valence-corrected chi connectivity index (χ3v) is 3.61. The predicted molar refractivity (Wildman–Crippen MR) is 83.5 cm³/mol. The van der Waals surface area contributed by atoms with Crippen LogP contribution < -0.4 is 10.1 Å². The fourth-order valence-corrected chi connectivity index (χ4v) is 1.63. The predicted octanol–water partition coefficient (Wildman–Crippen LogP) is 1.91. The number of aliphatic hydroxyl groups is 1. The number of aromatic nitrogens is 1. The van der Waals surface area contributed by atoms with Crippen molar-refractivity contribution in [2.75, 3.05) is 26.9 Å². The molecule has 5 heteroatoms. The zero-order chi connectivity index (χ0) is 15.9. The van der Waals surface area contributed by atoms with Crippen molar-refractivity contribution < 1.29 is 14.6 Å². The molecule has 0 spiro atoms. The quantitative estimate of drug-likeness (QED) is 0.682. The van der Waals surface area contributed by atoms with E-state index in [-0.39, 0.29) is 12.5 Å². The first-order valence-corrected chi connectivity index (χ1v) is 7.38. The van der Waals surface area contributed by atoms with E-state index in [4.69, 9.17) is 9.47 Å². The Labute approximate surface area is 127 Å². The fourth-order valence-electron chi connectivity index (χ4n) is 1.63. The minimum absolute atomic E-state index is 0.124. The number of pyridine rings is 1. The van der Waals surface area contributed by atoms with Crippen LogP contribution >= 0.6 is 0 Å². The number of rotatable bonds is 9. The molecule has 0 aliphatic carbocycles. The van der Waals surface area contributed by atoms with E-state index in [0.717, 1.165) is 17.9 Å². The molecular formula is C16H28N2O3. The highest BCUT2D eigenvalue weighted by Crippen LogP contribution is 2.21. The Morgan fingerprint density at radius 2 is 2.10 bits per heavy atom. The smallest absolute Gasteiger partial charge is 0.142 e. The Kier molecular flexibility index (Phi) is 7.08. The lowest BCUT2D eigenvalue weighted by molar-refractivity contribution is -0.0270. The first-order valence-electron chi connectivity index (χ1n) is 7.38. The van der Waals surface area contributed by atoms with Gasteiger partial charge < -0.3 is 19.9 Å². The summed E-state index contributed by atoms with van der Waals surface area (Å²) in [6.45, 7) is 9.97. The number of nitrogens with zero attached hydrogens (tertiary/aromatic N) is 1. The molecule has 21 heavy (non-hydrogen) atoms. The Balaban J connectivity index is 2.68. The zero-order valence-corrected chi connectivity index (χ0v) is 13.8. The van der Waals surface area contributed by atoms with Crippen molar-refractivity contribution in [1.82, 2.24) is 10.3 Å². The van der Waals surface area contributed by atoms with E-state index >= 15 is 0 Å². The maximum atomic E-state index is 10.3. The first kappa shape index (κ1) is 17.9. The van der Waals surface area contributed by atoms with Crippen LogP contribution in [-0.2, 0) is 11.3 Å². The minimum atomic E-state index is -0.856. The molecule has 0 amide bonds. The van der Waals surface area contributed by atoms with E-state index in [1.807, 2.05) is 32.9 Å². The molecule has 120 valence electrons. The minimum Gasteiger partial charge on any atom is -0.489 e. The number of nitrogens with one attached hydrogen (secondary N) is 1. The van der Waals surface area contributed by atoms with Crippen LogP contribution in [0.15, 0.2) is 12.1 Å². The van der Waals surface area contributed by atoms with Gasteiger partial charge in [-0.3, -0.25) is 4.98 Å². The highest BCUT2D eigenvalue weighted by Gasteiger charge is 2.26. The van der Waals surface area contributed by atoms with Gasteiger partial charge >= 0.3 is 0 Å². The van der Waals surface area contributed by atoms with Gasteiger partial charge in [0.15, 0.2) is 0 Å². The summed E-state index contributed by atoms with van der Waals surface area (Å²) in [5.74, 6) is 0.839. The molecule has 0 aliphatic heterocycles. The maximum absolute atomic E-state index is 10.3. The lowest BCUT2D eigenvalue weighted by Gasteiger charge is -2.27. The lowest BCUT2D eigenvalue weighted by Crippen LogP contribution is -2.38. The van der Waals surface area contributed by atoms with Crippen LogP contribution in [0.5, 0.6) is 5.75 Å². The Morgan fingerprint density at radius 3 is 2.71 bits per heavy atom. The van der Waals surface area contributed by atoms with Crippen LogP contribution in [0.2, 0.25) is 0 Å².